The Morgan fingerprint density at radius 2 is 1.75 bits per heavy atom. The number of benzene rings is 3. The lowest BCUT2D eigenvalue weighted by Gasteiger charge is -2.16. The largest absolute Gasteiger partial charge is 0.493 e. The molecule has 0 atom stereocenters. The molecule has 28 heavy (non-hydrogen) atoms. The highest BCUT2D eigenvalue weighted by atomic mass is 127. The monoisotopic (exact) mass is 547 g/mol. The van der Waals surface area contributed by atoms with E-state index in [9.17, 15) is 0 Å². The average Bonchev–Trinajstić information content (AvgIpc) is 2.67. The first-order chi connectivity index (χ1) is 13.5. The first-order valence-corrected chi connectivity index (χ1v) is 10.6. The normalized spacial score (nSPS) is 10.6. The molecule has 3 aromatic rings. The molecule has 0 saturated carbocycles. The molecule has 0 aliphatic carbocycles. The number of hydrogen-bond acceptors (Lipinski definition) is 3. The smallest absolute Gasteiger partial charge is 0.174 e. The van der Waals surface area contributed by atoms with Crippen LogP contribution < -0.4 is 14.8 Å². The van der Waals surface area contributed by atoms with Gasteiger partial charge in [0.25, 0.3) is 0 Å². The number of ether oxygens (including phenoxy) is 2. The van der Waals surface area contributed by atoms with E-state index in [-0.39, 0.29) is 0 Å². The summed E-state index contributed by atoms with van der Waals surface area (Å²) in [5.41, 5.74) is 2.78. The maximum atomic E-state index is 6.22. The van der Waals surface area contributed by atoms with Crippen LogP contribution in [0.15, 0.2) is 54.6 Å². The van der Waals surface area contributed by atoms with Gasteiger partial charge in [0.1, 0.15) is 6.61 Å². The van der Waals surface area contributed by atoms with Gasteiger partial charge in [-0.25, -0.2) is 0 Å². The quantitative estimate of drug-likeness (QED) is 0.311. The summed E-state index contributed by atoms with van der Waals surface area (Å²) in [6.07, 6.45) is 0. The summed E-state index contributed by atoms with van der Waals surface area (Å²) in [6, 6.07) is 17.0. The third-order valence-electron chi connectivity index (χ3n) is 4.03. The molecule has 0 fully saturated rings. The maximum Gasteiger partial charge on any atom is 0.174 e. The van der Waals surface area contributed by atoms with E-state index in [0.717, 1.165) is 20.4 Å². The molecule has 0 aliphatic heterocycles. The Kier molecular flexibility index (Phi) is 7.57. The second kappa shape index (κ2) is 9.92. The molecule has 146 valence electrons. The van der Waals surface area contributed by atoms with Gasteiger partial charge in [-0.05, 0) is 64.6 Å². The van der Waals surface area contributed by atoms with Crippen LogP contribution in [-0.2, 0) is 13.2 Å². The first-order valence-electron chi connectivity index (χ1n) is 8.39. The van der Waals surface area contributed by atoms with Gasteiger partial charge in [-0.1, -0.05) is 53.0 Å². The van der Waals surface area contributed by atoms with Crippen molar-refractivity contribution in [1.29, 1.82) is 0 Å². The molecular formula is C21H17Cl3INO2. The minimum atomic E-state index is 0.365. The number of nitrogens with one attached hydrogen (secondary N) is 1. The van der Waals surface area contributed by atoms with Gasteiger partial charge in [-0.3, -0.25) is 0 Å². The summed E-state index contributed by atoms with van der Waals surface area (Å²) in [5.74, 6) is 1.36. The molecule has 3 rings (SSSR count). The van der Waals surface area contributed by atoms with Crippen molar-refractivity contribution in [2.75, 3.05) is 12.4 Å². The fraction of sp³-hybridized carbons (Fsp3) is 0.143. The number of hydrogen-bond donors (Lipinski definition) is 1. The highest BCUT2D eigenvalue weighted by molar-refractivity contribution is 14.1. The molecule has 0 saturated heterocycles. The van der Waals surface area contributed by atoms with Crippen LogP contribution in [0.5, 0.6) is 11.5 Å². The molecular weight excluding hydrogens is 531 g/mol. The lowest BCUT2D eigenvalue weighted by molar-refractivity contribution is 0.282. The van der Waals surface area contributed by atoms with Gasteiger partial charge in [-0.15, -0.1) is 0 Å². The molecule has 0 unspecified atom stereocenters. The SMILES string of the molecule is COc1cc(CNc2ccc(Cl)cc2Cl)cc(I)c1OCc1ccccc1Cl. The molecule has 3 nitrogen and oxygen atoms in total. The Morgan fingerprint density at radius 1 is 0.964 bits per heavy atom. The Morgan fingerprint density at radius 3 is 2.46 bits per heavy atom. The summed E-state index contributed by atoms with van der Waals surface area (Å²) in [4.78, 5) is 0. The van der Waals surface area contributed by atoms with Crippen molar-refractivity contribution in [3.05, 3.63) is 84.4 Å². The molecule has 0 amide bonds. The van der Waals surface area contributed by atoms with Crippen LogP contribution in [0.4, 0.5) is 5.69 Å². The summed E-state index contributed by atoms with van der Waals surface area (Å²) in [5, 5.41) is 5.17. The number of halogens is 4. The highest BCUT2D eigenvalue weighted by Crippen LogP contribution is 2.35. The standard InChI is InChI=1S/C21H17Cl3INO2/c1-27-20-9-13(11-26-19-7-6-15(22)10-17(19)24)8-18(25)21(20)28-12-14-4-2-3-5-16(14)23/h2-10,26H,11-12H2,1H3. The van der Waals surface area contributed by atoms with Crippen molar-refractivity contribution in [3.63, 3.8) is 0 Å². The van der Waals surface area contributed by atoms with E-state index in [1.54, 1.807) is 19.2 Å². The van der Waals surface area contributed by atoms with Gasteiger partial charge < -0.3 is 14.8 Å². The van der Waals surface area contributed by atoms with Gasteiger partial charge in [0.15, 0.2) is 11.5 Å². The molecule has 0 bridgehead atoms. The van der Waals surface area contributed by atoms with Crippen molar-refractivity contribution < 1.29 is 9.47 Å². The van der Waals surface area contributed by atoms with Gasteiger partial charge in [0.2, 0.25) is 0 Å². The van der Waals surface area contributed by atoms with Crippen LogP contribution in [0, 0.1) is 3.57 Å². The van der Waals surface area contributed by atoms with Crippen molar-refractivity contribution >= 4 is 63.1 Å². The van der Waals surface area contributed by atoms with Crippen molar-refractivity contribution in [2.45, 2.75) is 13.2 Å². The van der Waals surface area contributed by atoms with Gasteiger partial charge >= 0.3 is 0 Å². The van der Waals surface area contributed by atoms with Crippen LogP contribution in [0.25, 0.3) is 0 Å². The van der Waals surface area contributed by atoms with E-state index < -0.39 is 0 Å². The van der Waals surface area contributed by atoms with Crippen molar-refractivity contribution in [2.24, 2.45) is 0 Å². The van der Waals surface area contributed by atoms with Crippen LogP contribution >= 0.6 is 57.4 Å². The zero-order chi connectivity index (χ0) is 20.1. The summed E-state index contributed by atoms with van der Waals surface area (Å²) < 4.78 is 12.5. The zero-order valence-corrected chi connectivity index (χ0v) is 19.4. The lowest BCUT2D eigenvalue weighted by Crippen LogP contribution is -2.04. The van der Waals surface area contributed by atoms with E-state index in [1.165, 1.54) is 0 Å². The second-order valence-corrected chi connectivity index (χ2v) is 8.38. The summed E-state index contributed by atoms with van der Waals surface area (Å²) >= 11 is 20.6. The zero-order valence-electron chi connectivity index (χ0n) is 14.9. The fourth-order valence-corrected chi connectivity index (χ4v) is 4.10. The van der Waals surface area contributed by atoms with Gasteiger partial charge in [-0.2, -0.15) is 0 Å². The Balaban J connectivity index is 1.74. The maximum absolute atomic E-state index is 6.22. The third-order valence-corrected chi connectivity index (χ3v) is 5.75. The number of anilines is 1. The van der Waals surface area contributed by atoms with E-state index in [2.05, 4.69) is 27.9 Å². The third kappa shape index (κ3) is 5.38. The predicted octanol–water partition coefficient (Wildman–Crippen LogP) is 7.45. The molecule has 0 spiro atoms. The van der Waals surface area contributed by atoms with E-state index in [1.807, 2.05) is 42.5 Å². The molecule has 3 aromatic carbocycles. The fourth-order valence-electron chi connectivity index (χ4n) is 2.61. The van der Waals surface area contributed by atoms with Gasteiger partial charge in [0, 0.05) is 22.2 Å². The number of methoxy groups -OCH3 is 1. The lowest BCUT2D eigenvalue weighted by atomic mass is 10.2. The van der Waals surface area contributed by atoms with E-state index >= 15 is 0 Å². The van der Waals surface area contributed by atoms with Crippen LogP contribution in [0.1, 0.15) is 11.1 Å². The molecule has 1 N–H and O–H groups in total. The van der Waals surface area contributed by atoms with Gasteiger partial charge in [0.05, 0.1) is 21.4 Å². The van der Waals surface area contributed by atoms with E-state index in [0.29, 0.717) is 39.7 Å². The Bertz CT molecular complexity index is 982. The topological polar surface area (TPSA) is 30.5 Å². The average molecular weight is 549 g/mol. The van der Waals surface area contributed by atoms with Crippen LogP contribution in [0.3, 0.4) is 0 Å². The molecule has 0 radical (unpaired) electrons. The predicted molar refractivity (Wildman–Crippen MR) is 125 cm³/mol. The molecule has 0 heterocycles. The van der Waals surface area contributed by atoms with Crippen molar-refractivity contribution in [1.82, 2.24) is 0 Å². The minimum Gasteiger partial charge on any atom is -0.493 e. The number of rotatable bonds is 7. The Labute approximate surface area is 193 Å². The second-order valence-electron chi connectivity index (χ2n) is 5.97. The summed E-state index contributed by atoms with van der Waals surface area (Å²) in [7, 11) is 1.63. The first kappa shape index (κ1) is 21.4. The summed E-state index contributed by atoms with van der Waals surface area (Å²) in [6.45, 7) is 0.947. The van der Waals surface area contributed by atoms with Crippen LogP contribution in [0.2, 0.25) is 15.1 Å². The van der Waals surface area contributed by atoms with Crippen LogP contribution in [-0.4, -0.2) is 7.11 Å². The molecule has 0 aromatic heterocycles. The van der Waals surface area contributed by atoms with Crippen molar-refractivity contribution in [3.8, 4) is 11.5 Å². The molecule has 0 aliphatic rings. The van der Waals surface area contributed by atoms with E-state index in [4.69, 9.17) is 44.3 Å². The Hall–Kier alpha value is -1.34. The molecule has 7 heteroatoms. The highest BCUT2D eigenvalue weighted by Gasteiger charge is 2.13. The minimum absolute atomic E-state index is 0.365.